The minimum Gasteiger partial charge on any atom is -0.481 e. The van der Waals surface area contributed by atoms with E-state index in [1.54, 1.807) is 6.92 Å². The Morgan fingerprint density at radius 3 is 2.42 bits per heavy atom. The number of hydrogen-bond acceptors (Lipinski definition) is 4. The number of carboxylic acids is 1. The Bertz CT molecular complexity index is 473. The van der Waals surface area contributed by atoms with E-state index in [1.807, 2.05) is 0 Å². The molecule has 0 aromatic rings. The van der Waals surface area contributed by atoms with Crippen LogP contribution in [0, 0.1) is 5.92 Å². The quantitative estimate of drug-likeness (QED) is 0.788. The molecule has 1 aliphatic carbocycles. The molecule has 6 nitrogen and oxygen atoms in total. The van der Waals surface area contributed by atoms with E-state index >= 15 is 0 Å². The molecule has 3 atom stereocenters. The van der Waals surface area contributed by atoms with Crippen LogP contribution in [0.1, 0.15) is 39.5 Å². The zero-order valence-corrected chi connectivity index (χ0v) is 12.3. The number of hydrogen-bond donors (Lipinski definition) is 2. The maximum atomic E-state index is 11.9. The number of carbonyl (C=O) groups is 2. The Balaban J connectivity index is 2.88. The summed E-state index contributed by atoms with van der Waals surface area (Å²) < 4.78 is 22.7. The molecule has 0 aliphatic heterocycles. The molecular formula is C12H21NO5S. The first-order valence-electron chi connectivity index (χ1n) is 6.31. The van der Waals surface area contributed by atoms with Gasteiger partial charge < -0.3 is 10.4 Å². The summed E-state index contributed by atoms with van der Waals surface area (Å²) >= 11 is 0. The van der Waals surface area contributed by atoms with E-state index in [2.05, 4.69) is 5.32 Å². The lowest BCUT2D eigenvalue weighted by molar-refractivity contribution is -0.146. The van der Waals surface area contributed by atoms with Crippen LogP contribution >= 0.6 is 0 Å². The van der Waals surface area contributed by atoms with E-state index in [0.717, 1.165) is 19.1 Å². The van der Waals surface area contributed by atoms with Crippen LogP contribution < -0.4 is 5.32 Å². The van der Waals surface area contributed by atoms with Gasteiger partial charge in [0.25, 0.3) is 0 Å². The van der Waals surface area contributed by atoms with Gasteiger partial charge in [-0.2, -0.15) is 0 Å². The van der Waals surface area contributed by atoms with Gasteiger partial charge in [-0.15, -0.1) is 0 Å². The van der Waals surface area contributed by atoms with Crippen LogP contribution in [-0.2, 0) is 19.4 Å². The van der Waals surface area contributed by atoms with Gasteiger partial charge in [0.15, 0.2) is 9.84 Å². The highest BCUT2D eigenvalue weighted by Crippen LogP contribution is 2.34. The maximum Gasteiger partial charge on any atom is 0.308 e. The molecule has 0 spiro atoms. The molecule has 1 fully saturated rings. The van der Waals surface area contributed by atoms with Gasteiger partial charge in [-0.25, -0.2) is 8.42 Å². The molecule has 2 N–H and O–H groups in total. The molecule has 0 radical (unpaired) electrons. The Hall–Kier alpha value is -1.11. The summed E-state index contributed by atoms with van der Waals surface area (Å²) in [6, 6.07) is 0. The normalized spacial score (nSPS) is 29.5. The van der Waals surface area contributed by atoms with Crippen LogP contribution in [0.4, 0.5) is 0 Å². The standard InChI is InChI=1S/C12H21NO5S/c1-8(19(3,17)18)10(14)13-12(2)7-5-4-6-9(12)11(15)16/h8-9H,4-7H2,1-3H3,(H,13,14)(H,15,16). The fourth-order valence-corrected chi connectivity index (χ4v) is 2.90. The second-order valence-electron chi connectivity index (χ2n) is 5.52. The Morgan fingerprint density at radius 2 is 1.95 bits per heavy atom. The van der Waals surface area contributed by atoms with Crippen molar-refractivity contribution in [1.29, 1.82) is 0 Å². The molecule has 0 aromatic heterocycles. The Labute approximate surface area is 113 Å². The van der Waals surface area contributed by atoms with Gasteiger partial charge in [0, 0.05) is 6.26 Å². The summed E-state index contributed by atoms with van der Waals surface area (Å²) in [5.74, 6) is -2.25. The summed E-state index contributed by atoms with van der Waals surface area (Å²) in [5.41, 5.74) is -0.875. The summed E-state index contributed by atoms with van der Waals surface area (Å²) in [4.78, 5) is 23.2. The predicted octanol–water partition coefficient (Wildman–Crippen LogP) is 0.569. The average molecular weight is 291 g/mol. The number of sulfone groups is 1. The molecule has 0 saturated heterocycles. The highest BCUT2D eigenvalue weighted by molar-refractivity contribution is 7.92. The fraction of sp³-hybridized carbons (Fsp3) is 0.833. The van der Waals surface area contributed by atoms with Gasteiger partial charge in [-0.3, -0.25) is 9.59 Å². The first-order chi connectivity index (χ1) is 8.58. The number of rotatable bonds is 4. The van der Waals surface area contributed by atoms with E-state index in [4.69, 9.17) is 0 Å². The fourth-order valence-electron chi connectivity index (χ4n) is 2.46. The van der Waals surface area contributed by atoms with Crippen molar-refractivity contribution in [3.05, 3.63) is 0 Å². The highest BCUT2D eigenvalue weighted by atomic mass is 32.2. The molecule has 1 amide bonds. The van der Waals surface area contributed by atoms with Crippen molar-refractivity contribution in [3.8, 4) is 0 Å². The van der Waals surface area contributed by atoms with Crippen LogP contribution in [0.5, 0.6) is 0 Å². The van der Waals surface area contributed by atoms with Gasteiger partial charge in [-0.1, -0.05) is 12.8 Å². The van der Waals surface area contributed by atoms with Crippen molar-refractivity contribution in [2.24, 2.45) is 5.92 Å². The zero-order chi connectivity index (χ0) is 14.8. The van der Waals surface area contributed by atoms with Crippen LogP contribution in [0.25, 0.3) is 0 Å². The summed E-state index contributed by atoms with van der Waals surface area (Å²) in [6.07, 6.45) is 3.68. The van der Waals surface area contributed by atoms with Crippen molar-refractivity contribution in [2.45, 2.75) is 50.3 Å². The predicted molar refractivity (Wildman–Crippen MR) is 70.4 cm³/mol. The SMILES string of the molecule is CC(C(=O)NC1(C)CCCCC1C(=O)O)S(C)(=O)=O. The van der Waals surface area contributed by atoms with Crippen LogP contribution in [0.3, 0.4) is 0 Å². The number of nitrogens with one attached hydrogen (secondary N) is 1. The number of carbonyl (C=O) groups excluding carboxylic acids is 1. The molecule has 0 heterocycles. The molecule has 19 heavy (non-hydrogen) atoms. The average Bonchev–Trinajstić information content (AvgIpc) is 2.26. The minimum atomic E-state index is -3.48. The lowest BCUT2D eigenvalue weighted by Gasteiger charge is -2.40. The zero-order valence-electron chi connectivity index (χ0n) is 11.5. The molecule has 7 heteroatoms. The van der Waals surface area contributed by atoms with E-state index in [-0.39, 0.29) is 0 Å². The van der Waals surface area contributed by atoms with Crippen molar-refractivity contribution in [2.75, 3.05) is 6.26 Å². The first kappa shape index (κ1) is 15.9. The molecule has 0 bridgehead atoms. The second kappa shape index (κ2) is 5.48. The Morgan fingerprint density at radius 1 is 1.37 bits per heavy atom. The van der Waals surface area contributed by atoms with Crippen LogP contribution in [0.15, 0.2) is 0 Å². The number of amides is 1. The van der Waals surface area contributed by atoms with Crippen molar-refractivity contribution < 1.29 is 23.1 Å². The van der Waals surface area contributed by atoms with Gasteiger partial charge in [0.2, 0.25) is 5.91 Å². The molecule has 0 aromatic carbocycles. The first-order valence-corrected chi connectivity index (χ1v) is 8.27. The molecule has 3 unspecified atom stereocenters. The summed E-state index contributed by atoms with van der Waals surface area (Å²) in [7, 11) is -3.48. The third kappa shape index (κ3) is 3.68. The van der Waals surface area contributed by atoms with E-state index in [1.165, 1.54) is 6.92 Å². The summed E-state index contributed by atoms with van der Waals surface area (Å²) in [6.45, 7) is 2.99. The molecule has 110 valence electrons. The maximum absolute atomic E-state index is 11.9. The van der Waals surface area contributed by atoms with Gasteiger partial charge in [0.1, 0.15) is 5.25 Å². The monoisotopic (exact) mass is 291 g/mol. The minimum absolute atomic E-state index is 0.499. The van der Waals surface area contributed by atoms with Gasteiger partial charge >= 0.3 is 5.97 Å². The smallest absolute Gasteiger partial charge is 0.308 e. The molecule has 1 rings (SSSR count). The highest BCUT2D eigenvalue weighted by Gasteiger charge is 2.43. The summed E-state index contributed by atoms with van der Waals surface area (Å²) in [5, 5.41) is 10.7. The second-order valence-corrected chi connectivity index (χ2v) is 7.88. The van der Waals surface area contributed by atoms with Gasteiger partial charge in [0.05, 0.1) is 11.5 Å². The third-order valence-electron chi connectivity index (χ3n) is 3.93. The lowest BCUT2D eigenvalue weighted by atomic mass is 9.74. The number of aliphatic carboxylic acids is 1. The van der Waals surface area contributed by atoms with Crippen LogP contribution in [-0.4, -0.2) is 42.4 Å². The van der Waals surface area contributed by atoms with E-state index in [0.29, 0.717) is 12.8 Å². The van der Waals surface area contributed by atoms with E-state index < -0.39 is 38.4 Å². The number of carboxylic acid groups (broad SMARTS) is 1. The van der Waals surface area contributed by atoms with Crippen molar-refractivity contribution >= 4 is 21.7 Å². The largest absolute Gasteiger partial charge is 0.481 e. The third-order valence-corrected chi connectivity index (χ3v) is 5.42. The van der Waals surface area contributed by atoms with Crippen molar-refractivity contribution in [3.63, 3.8) is 0 Å². The van der Waals surface area contributed by atoms with E-state index in [9.17, 15) is 23.1 Å². The van der Waals surface area contributed by atoms with Crippen molar-refractivity contribution in [1.82, 2.24) is 5.32 Å². The molecular weight excluding hydrogens is 270 g/mol. The molecule has 1 aliphatic rings. The Kier molecular flexibility index (Phi) is 4.60. The van der Waals surface area contributed by atoms with Crippen LogP contribution in [0.2, 0.25) is 0 Å². The van der Waals surface area contributed by atoms with Gasteiger partial charge in [-0.05, 0) is 26.7 Å². The molecule has 1 saturated carbocycles. The topological polar surface area (TPSA) is 101 Å². The lowest BCUT2D eigenvalue weighted by Crippen LogP contribution is -2.57.